The summed E-state index contributed by atoms with van der Waals surface area (Å²) in [6, 6.07) is 0. The smallest absolute Gasteiger partial charge is 0.306 e. The highest BCUT2D eigenvalue weighted by Gasteiger charge is 2.31. The van der Waals surface area contributed by atoms with Gasteiger partial charge in [-0.2, -0.15) is 0 Å². The van der Waals surface area contributed by atoms with Crippen LogP contribution < -0.4 is 0 Å². The summed E-state index contributed by atoms with van der Waals surface area (Å²) in [4.78, 5) is 10.7. The summed E-state index contributed by atoms with van der Waals surface area (Å²) in [5.41, 5.74) is 0. The Morgan fingerprint density at radius 1 is 1.83 bits per heavy atom. The fraction of sp³-hybridized carbons (Fsp3) is 0.667. The molecule has 0 bridgehead atoms. The van der Waals surface area contributed by atoms with E-state index in [1.165, 1.54) is 0 Å². The first-order valence-electron chi connectivity index (χ1n) is 4.15. The van der Waals surface area contributed by atoms with Crippen LogP contribution in [0, 0.1) is 5.92 Å². The van der Waals surface area contributed by atoms with E-state index in [1.807, 2.05) is 6.92 Å². The van der Waals surface area contributed by atoms with Crippen LogP contribution in [-0.2, 0) is 9.53 Å². The lowest BCUT2D eigenvalue weighted by molar-refractivity contribution is -0.146. The molecule has 1 N–H and O–H groups in total. The molecule has 0 aromatic carbocycles. The maximum absolute atomic E-state index is 10.7. The predicted octanol–water partition coefficient (Wildman–Crippen LogP) is 0.875. The molecule has 0 amide bonds. The van der Waals surface area contributed by atoms with Gasteiger partial charge in [-0.1, -0.05) is 13.0 Å². The molecular weight excluding hydrogens is 156 g/mol. The first kappa shape index (κ1) is 9.26. The van der Waals surface area contributed by atoms with Crippen LogP contribution in [-0.4, -0.2) is 23.3 Å². The molecule has 0 aromatic heterocycles. The van der Waals surface area contributed by atoms with E-state index in [-0.39, 0.29) is 18.0 Å². The van der Waals surface area contributed by atoms with Gasteiger partial charge in [0.25, 0.3) is 0 Å². The minimum Gasteiger partial charge on any atom is -0.460 e. The predicted molar refractivity (Wildman–Crippen MR) is 44.5 cm³/mol. The van der Waals surface area contributed by atoms with Crippen molar-refractivity contribution in [2.45, 2.75) is 32.0 Å². The summed E-state index contributed by atoms with van der Waals surface area (Å²) in [7, 11) is 0. The third-order valence-electron chi connectivity index (χ3n) is 2.21. The lowest BCUT2D eigenvalue weighted by Crippen LogP contribution is -2.30. The van der Waals surface area contributed by atoms with Crippen LogP contribution >= 0.6 is 0 Å². The Kier molecular flexibility index (Phi) is 2.87. The largest absolute Gasteiger partial charge is 0.460 e. The van der Waals surface area contributed by atoms with Gasteiger partial charge >= 0.3 is 5.97 Å². The molecule has 0 saturated carbocycles. The molecule has 3 heteroatoms. The van der Waals surface area contributed by atoms with Gasteiger partial charge < -0.3 is 9.84 Å². The lowest BCUT2D eigenvalue weighted by Gasteiger charge is -2.20. The first-order chi connectivity index (χ1) is 5.65. The number of aliphatic hydroxyl groups excluding tert-OH is 1. The summed E-state index contributed by atoms with van der Waals surface area (Å²) < 4.78 is 4.91. The van der Waals surface area contributed by atoms with Gasteiger partial charge in [0.05, 0.1) is 6.10 Å². The molecule has 0 spiro atoms. The molecule has 1 saturated heterocycles. The highest BCUT2D eigenvalue weighted by atomic mass is 16.6. The van der Waals surface area contributed by atoms with Gasteiger partial charge in [0.15, 0.2) is 0 Å². The van der Waals surface area contributed by atoms with Crippen molar-refractivity contribution < 1.29 is 14.6 Å². The quantitative estimate of drug-likeness (QED) is 0.505. The second-order valence-electron chi connectivity index (χ2n) is 3.15. The Labute approximate surface area is 72.0 Å². The zero-order chi connectivity index (χ0) is 9.14. The molecule has 3 nitrogen and oxygen atoms in total. The van der Waals surface area contributed by atoms with E-state index in [0.29, 0.717) is 12.8 Å². The van der Waals surface area contributed by atoms with Gasteiger partial charge in [0, 0.05) is 12.3 Å². The van der Waals surface area contributed by atoms with E-state index in [2.05, 4.69) is 6.58 Å². The molecule has 0 radical (unpaired) electrons. The number of esters is 1. The fourth-order valence-corrected chi connectivity index (χ4v) is 1.27. The molecule has 3 atom stereocenters. The van der Waals surface area contributed by atoms with E-state index in [4.69, 9.17) is 4.74 Å². The van der Waals surface area contributed by atoms with Crippen molar-refractivity contribution in [1.29, 1.82) is 0 Å². The maximum Gasteiger partial charge on any atom is 0.306 e. The Balaban J connectivity index is 2.47. The molecule has 1 aliphatic rings. The number of cyclic esters (lactones) is 1. The first-order valence-corrected chi connectivity index (χ1v) is 4.15. The molecule has 0 aliphatic carbocycles. The summed E-state index contributed by atoms with van der Waals surface area (Å²) in [5.74, 6) is -0.240. The van der Waals surface area contributed by atoms with Crippen molar-refractivity contribution in [3.05, 3.63) is 12.7 Å². The number of carbonyl (C=O) groups excluding carboxylic acids is 1. The van der Waals surface area contributed by atoms with Gasteiger partial charge in [0.2, 0.25) is 0 Å². The van der Waals surface area contributed by atoms with Crippen LogP contribution in [0.25, 0.3) is 0 Å². The number of carbonyl (C=O) groups is 1. The van der Waals surface area contributed by atoms with Gasteiger partial charge in [-0.25, -0.2) is 0 Å². The van der Waals surface area contributed by atoms with Crippen LogP contribution in [0.5, 0.6) is 0 Å². The van der Waals surface area contributed by atoms with Gasteiger partial charge in [-0.15, -0.1) is 6.58 Å². The average Bonchev–Trinajstić information content (AvgIpc) is 2.49. The second kappa shape index (κ2) is 3.72. The second-order valence-corrected chi connectivity index (χ2v) is 3.15. The van der Waals surface area contributed by atoms with Crippen LogP contribution in [0.1, 0.15) is 19.8 Å². The van der Waals surface area contributed by atoms with Crippen molar-refractivity contribution in [3.8, 4) is 0 Å². The standard InChI is InChI=1S/C9H14O3/c1-3-6(2)9(11)7-4-5-8(10)12-7/h3,6-7,9,11H,1,4-5H2,2H3/t6-,7-,9-/m0/s1. The van der Waals surface area contributed by atoms with Crippen molar-refractivity contribution in [1.82, 2.24) is 0 Å². The van der Waals surface area contributed by atoms with E-state index >= 15 is 0 Å². The summed E-state index contributed by atoms with van der Waals surface area (Å²) in [6.45, 7) is 5.42. The Bertz CT molecular complexity index is 188. The van der Waals surface area contributed by atoms with Crippen LogP contribution in [0.3, 0.4) is 0 Å². The highest BCUT2D eigenvalue weighted by Crippen LogP contribution is 2.21. The molecule has 0 unspecified atom stereocenters. The molecule has 0 aromatic rings. The number of aliphatic hydroxyl groups is 1. The van der Waals surface area contributed by atoms with Gasteiger partial charge in [-0.3, -0.25) is 4.79 Å². The van der Waals surface area contributed by atoms with Crippen molar-refractivity contribution in [2.75, 3.05) is 0 Å². The molecule has 1 fully saturated rings. The minimum absolute atomic E-state index is 0.0269. The number of hydrogen-bond acceptors (Lipinski definition) is 3. The van der Waals surface area contributed by atoms with Crippen molar-refractivity contribution >= 4 is 5.97 Å². The topological polar surface area (TPSA) is 46.5 Å². The fourth-order valence-electron chi connectivity index (χ4n) is 1.27. The molecule has 68 valence electrons. The number of rotatable bonds is 3. The Morgan fingerprint density at radius 3 is 2.92 bits per heavy atom. The molecule has 12 heavy (non-hydrogen) atoms. The number of hydrogen-bond donors (Lipinski definition) is 1. The van der Waals surface area contributed by atoms with Crippen LogP contribution in [0.15, 0.2) is 12.7 Å². The summed E-state index contributed by atoms with van der Waals surface area (Å²) in [6.07, 6.45) is 1.78. The number of ether oxygens (including phenoxy) is 1. The van der Waals surface area contributed by atoms with Crippen molar-refractivity contribution in [3.63, 3.8) is 0 Å². The van der Waals surface area contributed by atoms with Crippen LogP contribution in [0.2, 0.25) is 0 Å². The molecule has 1 aliphatic heterocycles. The van der Waals surface area contributed by atoms with Gasteiger partial charge in [0.1, 0.15) is 6.10 Å². The van der Waals surface area contributed by atoms with E-state index in [1.54, 1.807) is 6.08 Å². The highest BCUT2D eigenvalue weighted by molar-refractivity contribution is 5.71. The van der Waals surface area contributed by atoms with E-state index in [9.17, 15) is 9.90 Å². The summed E-state index contributed by atoms with van der Waals surface area (Å²) >= 11 is 0. The monoisotopic (exact) mass is 170 g/mol. The zero-order valence-corrected chi connectivity index (χ0v) is 7.19. The van der Waals surface area contributed by atoms with Crippen molar-refractivity contribution in [2.24, 2.45) is 5.92 Å². The Hall–Kier alpha value is -0.830. The molecular formula is C9H14O3. The third kappa shape index (κ3) is 1.85. The normalized spacial score (nSPS) is 27.8. The third-order valence-corrected chi connectivity index (χ3v) is 2.21. The SMILES string of the molecule is C=C[C@H](C)[C@H](O)[C@@H]1CCC(=O)O1. The lowest BCUT2D eigenvalue weighted by atomic mass is 9.98. The van der Waals surface area contributed by atoms with Gasteiger partial charge in [-0.05, 0) is 6.42 Å². The van der Waals surface area contributed by atoms with E-state index < -0.39 is 6.10 Å². The molecule has 1 rings (SSSR count). The summed E-state index contributed by atoms with van der Waals surface area (Å²) in [5, 5.41) is 9.59. The Morgan fingerprint density at radius 2 is 2.50 bits per heavy atom. The zero-order valence-electron chi connectivity index (χ0n) is 7.19. The minimum atomic E-state index is -0.603. The van der Waals surface area contributed by atoms with Crippen LogP contribution in [0.4, 0.5) is 0 Å². The van der Waals surface area contributed by atoms with E-state index in [0.717, 1.165) is 0 Å². The maximum atomic E-state index is 10.7. The average molecular weight is 170 g/mol. The molecule has 1 heterocycles.